The lowest BCUT2D eigenvalue weighted by atomic mass is 10.3. The van der Waals surface area contributed by atoms with E-state index in [1.807, 2.05) is 6.07 Å². The van der Waals surface area contributed by atoms with Gasteiger partial charge in [0, 0.05) is 18.3 Å². The maximum Gasteiger partial charge on any atom is 0.417 e. The zero-order valence-corrected chi connectivity index (χ0v) is 12.0. The monoisotopic (exact) mass is 300 g/mol. The highest BCUT2D eigenvalue weighted by atomic mass is 16.6. The van der Waals surface area contributed by atoms with E-state index in [0.717, 1.165) is 0 Å². The summed E-state index contributed by atoms with van der Waals surface area (Å²) >= 11 is 0. The molecule has 2 aromatic rings. The van der Waals surface area contributed by atoms with Crippen LogP contribution in [0.1, 0.15) is 6.92 Å². The molecule has 0 heterocycles. The molecule has 2 rings (SSSR count). The molecular formula is C16H16N2O4. The van der Waals surface area contributed by atoms with Crippen LogP contribution in [0, 0.1) is 0 Å². The first-order valence-electron chi connectivity index (χ1n) is 6.77. The van der Waals surface area contributed by atoms with Crippen LogP contribution >= 0.6 is 0 Å². The molecule has 114 valence electrons. The van der Waals surface area contributed by atoms with Crippen molar-refractivity contribution in [2.24, 2.45) is 0 Å². The minimum Gasteiger partial charge on any atom is -0.410 e. The molecule has 0 radical (unpaired) electrons. The lowest BCUT2D eigenvalue weighted by molar-refractivity contribution is 0.201. The van der Waals surface area contributed by atoms with Crippen molar-refractivity contribution in [1.29, 1.82) is 0 Å². The highest BCUT2D eigenvalue weighted by Crippen LogP contribution is 2.20. The summed E-state index contributed by atoms with van der Waals surface area (Å²) in [6, 6.07) is 15.2. The Labute approximate surface area is 128 Å². The van der Waals surface area contributed by atoms with E-state index in [4.69, 9.17) is 9.47 Å². The third-order valence-corrected chi connectivity index (χ3v) is 2.57. The molecule has 2 amide bonds. The SMILES string of the molecule is CCNC(=O)Oc1cccc(OC(=O)Nc2ccccc2)c1. The number of benzene rings is 2. The molecular weight excluding hydrogens is 284 g/mol. The maximum absolute atomic E-state index is 11.8. The summed E-state index contributed by atoms with van der Waals surface area (Å²) in [6.07, 6.45) is -1.19. The number of carbonyl (C=O) groups is 2. The minimum atomic E-state index is -0.624. The van der Waals surface area contributed by atoms with Crippen LogP contribution in [0.25, 0.3) is 0 Å². The number of amides is 2. The third-order valence-electron chi connectivity index (χ3n) is 2.57. The van der Waals surface area contributed by atoms with E-state index in [2.05, 4.69) is 10.6 Å². The summed E-state index contributed by atoms with van der Waals surface area (Å²) < 4.78 is 10.2. The number of rotatable bonds is 4. The molecule has 0 saturated carbocycles. The maximum atomic E-state index is 11.8. The van der Waals surface area contributed by atoms with Gasteiger partial charge < -0.3 is 14.8 Å². The molecule has 6 heteroatoms. The van der Waals surface area contributed by atoms with Gasteiger partial charge in [0.1, 0.15) is 11.5 Å². The van der Waals surface area contributed by atoms with Gasteiger partial charge in [-0.2, -0.15) is 0 Å². The molecule has 0 bridgehead atoms. The lowest BCUT2D eigenvalue weighted by Gasteiger charge is -2.08. The van der Waals surface area contributed by atoms with Crippen LogP contribution in [0.15, 0.2) is 54.6 Å². The van der Waals surface area contributed by atoms with Crippen molar-refractivity contribution in [2.75, 3.05) is 11.9 Å². The molecule has 0 aliphatic heterocycles. The summed E-state index contributed by atoms with van der Waals surface area (Å²) in [7, 11) is 0. The van der Waals surface area contributed by atoms with E-state index in [1.165, 1.54) is 6.07 Å². The summed E-state index contributed by atoms with van der Waals surface area (Å²) in [5.41, 5.74) is 0.627. The van der Waals surface area contributed by atoms with Crippen molar-refractivity contribution in [2.45, 2.75) is 6.92 Å². The Balaban J connectivity index is 1.95. The molecule has 2 N–H and O–H groups in total. The lowest BCUT2D eigenvalue weighted by Crippen LogP contribution is -2.26. The van der Waals surface area contributed by atoms with Crippen LogP contribution in [0.4, 0.5) is 15.3 Å². The molecule has 0 saturated heterocycles. The average Bonchev–Trinajstić information content (AvgIpc) is 2.48. The molecule has 0 aromatic heterocycles. The number of ether oxygens (including phenoxy) is 2. The Morgan fingerprint density at radius 3 is 2.18 bits per heavy atom. The normalized spacial score (nSPS) is 9.68. The Morgan fingerprint density at radius 2 is 1.55 bits per heavy atom. The molecule has 0 atom stereocenters. The molecule has 22 heavy (non-hydrogen) atoms. The van der Waals surface area contributed by atoms with E-state index >= 15 is 0 Å². The largest absolute Gasteiger partial charge is 0.417 e. The molecule has 0 unspecified atom stereocenters. The second-order valence-corrected chi connectivity index (χ2v) is 4.28. The molecule has 0 spiro atoms. The highest BCUT2D eigenvalue weighted by molar-refractivity contribution is 5.86. The number of nitrogens with one attached hydrogen (secondary N) is 2. The first kappa shape index (κ1) is 15.4. The van der Waals surface area contributed by atoms with Gasteiger partial charge in [0.25, 0.3) is 0 Å². The second kappa shape index (κ2) is 7.68. The van der Waals surface area contributed by atoms with Gasteiger partial charge in [-0.3, -0.25) is 5.32 Å². The molecule has 0 aliphatic carbocycles. The van der Waals surface area contributed by atoms with Gasteiger partial charge in [0.05, 0.1) is 0 Å². The van der Waals surface area contributed by atoms with Crippen molar-refractivity contribution in [3.05, 3.63) is 54.6 Å². The average molecular weight is 300 g/mol. The fraction of sp³-hybridized carbons (Fsp3) is 0.125. The van der Waals surface area contributed by atoms with Gasteiger partial charge in [-0.25, -0.2) is 9.59 Å². The first-order chi connectivity index (χ1) is 10.7. The smallest absolute Gasteiger partial charge is 0.410 e. The zero-order valence-electron chi connectivity index (χ0n) is 12.0. The summed E-state index contributed by atoms with van der Waals surface area (Å²) in [5, 5.41) is 5.10. The van der Waals surface area contributed by atoms with Crippen LogP contribution in [0.3, 0.4) is 0 Å². The van der Waals surface area contributed by atoms with Gasteiger partial charge in [0.2, 0.25) is 0 Å². The Bertz CT molecular complexity index is 644. The highest BCUT2D eigenvalue weighted by Gasteiger charge is 2.07. The third kappa shape index (κ3) is 4.82. The number of hydrogen-bond donors (Lipinski definition) is 2. The molecule has 0 fully saturated rings. The van der Waals surface area contributed by atoms with Crippen molar-refractivity contribution in [3.8, 4) is 11.5 Å². The van der Waals surface area contributed by atoms with E-state index < -0.39 is 12.2 Å². The number of carbonyl (C=O) groups excluding carboxylic acids is 2. The Kier molecular flexibility index (Phi) is 5.37. The van der Waals surface area contributed by atoms with Crippen molar-refractivity contribution < 1.29 is 19.1 Å². The zero-order chi connectivity index (χ0) is 15.8. The fourth-order valence-corrected chi connectivity index (χ4v) is 1.66. The predicted molar refractivity (Wildman–Crippen MR) is 82.2 cm³/mol. The predicted octanol–water partition coefficient (Wildman–Crippen LogP) is 3.41. The van der Waals surface area contributed by atoms with Crippen LogP contribution in [-0.2, 0) is 0 Å². The number of anilines is 1. The van der Waals surface area contributed by atoms with Crippen LogP contribution in [0.2, 0.25) is 0 Å². The number of para-hydroxylation sites is 1. The van der Waals surface area contributed by atoms with Gasteiger partial charge >= 0.3 is 12.2 Å². The first-order valence-corrected chi connectivity index (χ1v) is 6.77. The van der Waals surface area contributed by atoms with Gasteiger partial charge in [-0.05, 0) is 31.2 Å². The summed E-state index contributed by atoms with van der Waals surface area (Å²) in [6.45, 7) is 2.25. The molecule has 2 aromatic carbocycles. The van der Waals surface area contributed by atoms with Crippen molar-refractivity contribution in [3.63, 3.8) is 0 Å². The van der Waals surface area contributed by atoms with Gasteiger partial charge in [-0.1, -0.05) is 24.3 Å². The van der Waals surface area contributed by atoms with Crippen LogP contribution in [0.5, 0.6) is 11.5 Å². The van der Waals surface area contributed by atoms with Gasteiger partial charge in [0.15, 0.2) is 0 Å². The summed E-state index contributed by atoms with van der Waals surface area (Å²) in [4.78, 5) is 23.1. The van der Waals surface area contributed by atoms with E-state index in [1.54, 1.807) is 49.4 Å². The molecule has 0 aliphatic rings. The number of hydrogen-bond acceptors (Lipinski definition) is 4. The van der Waals surface area contributed by atoms with E-state index in [9.17, 15) is 9.59 Å². The Morgan fingerprint density at radius 1 is 0.909 bits per heavy atom. The van der Waals surface area contributed by atoms with Crippen molar-refractivity contribution >= 4 is 17.9 Å². The van der Waals surface area contributed by atoms with Crippen LogP contribution < -0.4 is 20.1 Å². The summed E-state index contributed by atoms with van der Waals surface area (Å²) in [5.74, 6) is 0.561. The minimum absolute atomic E-state index is 0.273. The van der Waals surface area contributed by atoms with Crippen LogP contribution in [-0.4, -0.2) is 18.7 Å². The molecule has 6 nitrogen and oxygen atoms in total. The van der Waals surface area contributed by atoms with E-state index in [0.29, 0.717) is 12.2 Å². The van der Waals surface area contributed by atoms with E-state index in [-0.39, 0.29) is 11.5 Å². The second-order valence-electron chi connectivity index (χ2n) is 4.28. The topological polar surface area (TPSA) is 76.7 Å². The van der Waals surface area contributed by atoms with Gasteiger partial charge in [-0.15, -0.1) is 0 Å². The Hall–Kier alpha value is -3.02. The fourth-order valence-electron chi connectivity index (χ4n) is 1.66. The standard InChI is InChI=1S/C16H16N2O4/c1-2-17-15(19)21-13-9-6-10-14(11-13)22-16(20)18-12-7-4-3-5-8-12/h3-11H,2H2,1H3,(H,17,19)(H,18,20). The quantitative estimate of drug-likeness (QED) is 0.907. The van der Waals surface area contributed by atoms with Crippen molar-refractivity contribution in [1.82, 2.24) is 5.32 Å².